The lowest BCUT2D eigenvalue weighted by atomic mass is 9.94. The number of hydrogen-bond donors (Lipinski definition) is 0. The maximum atomic E-state index is 14.0. The predicted molar refractivity (Wildman–Crippen MR) is 211 cm³/mol. The Balaban J connectivity index is 1.33. The fraction of sp³-hybridized carbons (Fsp3) is 0.349. The maximum Gasteiger partial charge on any atom is 0.338 e. The van der Waals surface area contributed by atoms with Gasteiger partial charge in [-0.1, -0.05) is 90.0 Å². The Morgan fingerprint density at radius 1 is 0.689 bits per heavy atom. The third-order valence-electron chi connectivity index (χ3n) is 9.95. The second kappa shape index (κ2) is 20.6. The number of carbonyl (C=O) groups excluding carboxylic acids is 4. The Labute approximate surface area is 354 Å². The molecule has 0 bridgehead atoms. The van der Waals surface area contributed by atoms with Gasteiger partial charge >= 0.3 is 23.9 Å². The summed E-state index contributed by atoms with van der Waals surface area (Å²) in [5.41, 5.74) is 10.8. The van der Waals surface area contributed by atoms with Crippen LogP contribution < -0.4 is 0 Å². The van der Waals surface area contributed by atoms with Crippen LogP contribution in [0.2, 0.25) is 0 Å². The van der Waals surface area contributed by atoms with Crippen molar-refractivity contribution in [3.63, 3.8) is 0 Å². The molecule has 7 rings (SSSR count). The number of halogens is 1. The van der Waals surface area contributed by atoms with Crippen molar-refractivity contribution < 1.29 is 66.5 Å². The maximum absolute atomic E-state index is 14.0. The molecular weight excluding hydrogens is 818 g/mol. The lowest BCUT2D eigenvalue weighted by Crippen LogP contribution is -2.67. The molecule has 3 fully saturated rings. The van der Waals surface area contributed by atoms with Crippen LogP contribution in [0.3, 0.4) is 0 Å². The van der Waals surface area contributed by atoms with Crippen LogP contribution in [0.4, 0.5) is 0 Å². The molecule has 11 atom stereocenters. The second-order valence-electron chi connectivity index (χ2n) is 13.8. The van der Waals surface area contributed by atoms with E-state index in [1.165, 1.54) is 43.5 Å². The molecule has 0 amide bonds. The molecule has 0 spiro atoms. The summed E-state index contributed by atoms with van der Waals surface area (Å²) in [5, 5.41) is 3.97. The number of esters is 4. The number of benzene rings is 4. The first-order valence-corrected chi connectivity index (χ1v) is 19.7. The summed E-state index contributed by atoms with van der Waals surface area (Å²) in [6.45, 7) is -0.631. The molecule has 0 aliphatic carbocycles. The van der Waals surface area contributed by atoms with Gasteiger partial charge in [0.25, 0.3) is 0 Å². The molecule has 3 aliphatic rings. The first kappa shape index (κ1) is 43.2. The van der Waals surface area contributed by atoms with E-state index in [1.807, 2.05) is 6.07 Å². The first-order chi connectivity index (χ1) is 29.8. The average molecular weight is 858 g/mol. The van der Waals surface area contributed by atoms with Gasteiger partial charge in [-0.15, -0.1) is 11.6 Å². The number of ether oxygens (including phenoxy) is 10. The monoisotopic (exact) mass is 857 g/mol. The quantitative estimate of drug-likeness (QED) is 0.0371. The number of hydrogen-bond acceptors (Lipinski definition) is 15. The van der Waals surface area contributed by atoms with Crippen LogP contribution in [0.5, 0.6) is 0 Å². The summed E-state index contributed by atoms with van der Waals surface area (Å²) in [7, 11) is 1.34. The van der Waals surface area contributed by atoms with Gasteiger partial charge in [0, 0.05) is 17.6 Å². The molecule has 18 heteroatoms. The van der Waals surface area contributed by atoms with Gasteiger partial charge < -0.3 is 47.4 Å². The van der Waals surface area contributed by atoms with Crippen LogP contribution in [0.25, 0.3) is 10.4 Å². The van der Waals surface area contributed by atoms with Crippen LogP contribution in [0.1, 0.15) is 42.9 Å². The highest BCUT2D eigenvalue weighted by Crippen LogP contribution is 2.40. The summed E-state index contributed by atoms with van der Waals surface area (Å²) in [4.78, 5) is 57.4. The topological polar surface area (TPSA) is 209 Å². The van der Waals surface area contributed by atoms with Gasteiger partial charge in [0.15, 0.2) is 37.2 Å². The summed E-state index contributed by atoms with van der Waals surface area (Å²) < 4.78 is 61.2. The zero-order valence-electron chi connectivity index (χ0n) is 32.5. The van der Waals surface area contributed by atoms with Crippen LogP contribution in [-0.4, -0.2) is 111 Å². The van der Waals surface area contributed by atoms with E-state index in [0.29, 0.717) is 5.56 Å². The molecule has 0 saturated carbocycles. The standard InChI is InChI=1S/C43H40ClN3O14/c1-52-42-32(46-47-45)35(33-30(55-42)24-54-41(60-33)28-20-12-5-13-21-28)61-43-37(59-40(51)27-18-10-4-11-19-27)36(58-39(50)26-16-8-3-9-17-26)34(29(56-43)23-53-31(48)22-44)57-38(49)25-14-6-2-7-15-25/h2-21,29-30,32-37,41-43H,22-24H2,1H3/t29-,30-,32-,33+,34-,35-,36+,37-,41?,42+,43+/m1/s1. The van der Waals surface area contributed by atoms with Crippen molar-refractivity contribution in [1.82, 2.24) is 0 Å². The van der Waals surface area contributed by atoms with Gasteiger partial charge in [-0.3, -0.25) is 4.79 Å². The lowest BCUT2D eigenvalue weighted by molar-refractivity contribution is -0.373. The smallest absolute Gasteiger partial charge is 0.338 e. The van der Waals surface area contributed by atoms with Crippen molar-refractivity contribution >= 4 is 35.5 Å². The third kappa shape index (κ3) is 10.4. The zero-order chi connectivity index (χ0) is 42.7. The van der Waals surface area contributed by atoms with E-state index >= 15 is 0 Å². The molecule has 0 N–H and O–H groups in total. The van der Waals surface area contributed by atoms with Gasteiger partial charge in [-0.25, -0.2) is 14.4 Å². The number of carbonyl (C=O) groups is 4. The number of rotatable bonds is 14. The molecule has 318 valence electrons. The van der Waals surface area contributed by atoms with Crippen LogP contribution in [0, 0.1) is 0 Å². The fourth-order valence-corrected chi connectivity index (χ4v) is 7.14. The third-order valence-corrected chi connectivity index (χ3v) is 10.2. The molecule has 17 nitrogen and oxygen atoms in total. The number of alkyl halides is 1. The minimum atomic E-state index is -1.76. The molecule has 3 saturated heterocycles. The minimum absolute atomic E-state index is 0.0172. The van der Waals surface area contributed by atoms with E-state index in [2.05, 4.69) is 10.0 Å². The molecule has 3 heterocycles. The van der Waals surface area contributed by atoms with Gasteiger partial charge in [0.2, 0.25) is 0 Å². The summed E-state index contributed by atoms with van der Waals surface area (Å²) in [6.07, 6.45) is -13.7. The van der Waals surface area contributed by atoms with E-state index in [4.69, 9.17) is 59.0 Å². The predicted octanol–water partition coefficient (Wildman–Crippen LogP) is 5.72. The molecule has 1 unspecified atom stereocenters. The number of methoxy groups -OCH3 is 1. The van der Waals surface area contributed by atoms with Gasteiger partial charge in [-0.2, -0.15) is 0 Å². The van der Waals surface area contributed by atoms with Crippen LogP contribution >= 0.6 is 11.6 Å². The summed E-state index contributed by atoms with van der Waals surface area (Å²) >= 11 is 5.79. The number of azide groups is 1. The second-order valence-corrected chi connectivity index (χ2v) is 14.1. The molecule has 4 aromatic carbocycles. The van der Waals surface area contributed by atoms with E-state index in [1.54, 1.807) is 78.9 Å². The SMILES string of the molecule is CO[C@H]1O[C@@H]2COC(c3ccccc3)O[C@@H]2[C@H](O[C@@H]2O[C@H](COC(=O)CCl)[C@@H](OC(=O)c3ccccc3)[C@H](OC(=O)c3ccccc3)[C@H]2OC(=O)c2ccccc2)[C@H]1N=[N+]=[N-]. The van der Waals surface area contributed by atoms with Crippen molar-refractivity contribution in [2.75, 3.05) is 26.2 Å². The number of nitrogens with zero attached hydrogens (tertiary/aromatic N) is 3. The van der Waals surface area contributed by atoms with Gasteiger partial charge in [0.05, 0.1) is 23.3 Å². The van der Waals surface area contributed by atoms with E-state index < -0.39 is 104 Å². The van der Waals surface area contributed by atoms with E-state index in [0.717, 1.165) is 0 Å². The molecule has 4 aromatic rings. The van der Waals surface area contributed by atoms with E-state index in [9.17, 15) is 24.7 Å². The highest BCUT2D eigenvalue weighted by Gasteiger charge is 2.57. The van der Waals surface area contributed by atoms with Crippen molar-refractivity contribution in [3.8, 4) is 0 Å². The van der Waals surface area contributed by atoms with Crippen molar-refractivity contribution in [2.45, 2.75) is 67.6 Å². The van der Waals surface area contributed by atoms with Crippen LogP contribution in [0.15, 0.2) is 126 Å². The number of fused-ring (bicyclic) bond motifs is 1. The Bertz CT molecular complexity index is 2150. The molecule has 3 aliphatic heterocycles. The Morgan fingerprint density at radius 2 is 1.21 bits per heavy atom. The molecule has 0 radical (unpaired) electrons. The fourth-order valence-electron chi connectivity index (χ4n) is 7.06. The largest absolute Gasteiger partial charge is 0.462 e. The first-order valence-electron chi connectivity index (χ1n) is 19.1. The highest BCUT2D eigenvalue weighted by atomic mass is 35.5. The average Bonchev–Trinajstić information content (AvgIpc) is 3.31. The lowest BCUT2D eigenvalue weighted by Gasteiger charge is -2.50. The molecule has 0 aromatic heterocycles. The van der Waals surface area contributed by atoms with Crippen LogP contribution in [-0.2, 0) is 52.2 Å². The normalized spacial score (nSPS) is 28.2. The molecule has 61 heavy (non-hydrogen) atoms. The van der Waals surface area contributed by atoms with Gasteiger partial charge in [-0.05, 0) is 41.9 Å². The van der Waals surface area contributed by atoms with Crippen molar-refractivity contribution in [1.29, 1.82) is 0 Å². The Hall–Kier alpha value is -5.88. The Kier molecular flexibility index (Phi) is 14.6. The van der Waals surface area contributed by atoms with Crippen molar-refractivity contribution in [3.05, 3.63) is 154 Å². The zero-order valence-corrected chi connectivity index (χ0v) is 33.2. The summed E-state index contributed by atoms with van der Waals surface area (Å²) in [5.74, 6) is -4.07. The van der Waals surface area contributed by atoms with Crippen molar-refractivity contribution in [2.24, 2.45) is 5.11 Å². The molecular formula is C43H40ClN3O14. The minimum Gasteiger partial charge on any atom is -0.462 e. The van der Waals surface area contributed by atoms with Gasteiger partial charge in [0.1, 0.15) is 42.9 Å². The Morgan fingerprint density at radius 3 is 1.74 bits per heavy atom. The highest BCUT2D eigenvalue weighted by molar-refractivity contribution is 6.26. The van der Waals surface area contributed by atoms with E-state index in [-0.39, 0.29) is 23.3 Å². The summed E-state index contributed by atoms with van der Waals surface area (Å²) in [6, 6.07) is 31.5.